The molecule has 0 heterocycles. The highest BCUT2D eigenvalue weighted by atomic mass is 16.6. The quantitative estimate of drug-likeness (QED) is 0.651. The summed E-state index contributed by atoms with van der Waals surface area (Å²) < 4.78 is 10.0. The maximum absolute atomic E-state index is 10.9. The van der Waals surface area contributed by atoms with Gasteiger partial charge in [0.05, 0.1) is 0 Å². The van der Waals surface area contributed by atoms with Crippen molar-refractivity contribution in [1.82, 2.24) is 0 Å². The predicted molar refractivity (Wildman–Crippen MR) is 53.8 cm³/mol. The maximum Gasteiger partial charge on any atom is 0.308 e. The molecular formula is C11H14O4. The zero-order valence-electron chi connectivity index (χ0n) is 9.07. The second-order valence-corrected chi connectivity index (χ2v) is 3.65. The van der Waals surface area contributed by atoms with Crippen LogP contribution in [0.1, 0.15) is 27.2 Å². The number of rotatable bonds is 2. The molecule has 0 aromatic carbocycles. The smallest absolute Gasteiger partial charge is 0.308 e. The monoisotopic (exact) mass is 210 g/mol. The Kier molecular flexibility index (Phi) is 3.29. The van der Waals surface area contributed by atoms with Gasteiger partial charge < -0.3 is 9.47 Å². The van der Waals surface area contributed by atoms with Gasteiger partial charge in [0.1, 0.15) is 11.4 Å². The molecule has 4 heteroatoms. The van der Waals surface area contributed by atoms with Crippen molar-refractivity contribution < 1.29 is 19.1 Å². The van der Waals surface area contributed by atoms with Gasteiger partial charge in [-0.15, -0.1) is 0 Å². The lowest BCUT2D eigenvalue weighted by atomic mass is 9.96. The van der Waals surface area contributed by atoms with E-state index in [1.165, 1.54) is 13.8 Å². The summed E-state index contributed by atoms with van der Waals surface area (Å²) in [5.41, 5.74) is -0.717. The minimum atomic E-state index is -0.717. The second-order valence-electron chi connectivity index (χ2n) is 3.65. The van der Waals surface area contributed by atoms with E-state index in [0.717, 1.165) is 0 Å². The van der Waals surface area contributed by atoms with Crippen LogP contribution in [-0.2, 0) is 19.1 Å². The van der Waals surface area contributed by atoms with Crippen LogP contribution in [0.4, 0.5) is 0 Å². The van der Waals surface area contributed by atoms with Crippen LogP contribution in [-0.4, -0.2) is 17.5 Å². The summed E-state index contributed by atoms with van der Waals surface area (Å²) in [6.07, 6.45) is 5.71. The molecule has 1 aliphatic rings. The van der Waals surface area contributed by atoms with Crippen LogP contribution in [0.5, 0.6) is 0 Å². The van der Waals surface area contributed by atoms with Crippen molar-refractivity contribution in [3.8, 4) is 0 Å². The number of carbonyl (C=O) groups excluding carboxylic acids is 2. The van der Waals surface area contributed by atoms with E-state index in [0.29, 0.717) is 12.2 Å². The van der Waals surface area contributed by atoms with Gasteiger partial charge in [-0.2, -0.15) is 0 Å². The van der Waals surface area contributed by atoms with Crippen LogP contribution in [0, 0.1) is 0 Å². The van der Waals surface area contributed by atoms with Crippen LogP contribution in [0.15, 0.2) is 24.0 Å². The van der Waals surface area contributed by atoms with Gasteiger partial charge in [-0.05, 0) is 13.0 Å². The minimum Gasteiger partial charge on any atom is -0.455 e. The van der Waals surface area contributed by atoms with Crippen LogP contribution in [0.25, 0.3) is 0 Å². The van der Waals surface area contributed by atoms with E-state index in [4.69, 9.17) is 9.47 Å². The lowest BCUT2D eigenvalue weighted by Crippen LogP contribution is -2.30. The molecule has 1 aliphatic carbocycles. The molecule has 0 saturated heterocycles. The Bertz CT molecular complexity index is 340. The lowest BCUT2D eigenvalue weighted by Gasteiger charge is -2.27. The first kappa shape index (κ1) is 11.5. The number of hydrogen-bond donors (Lipinski definition) is 0. The van der Waals surface area contributed by atoms with Crippen LogP contribution < -0.4 is 0 Å². The molecule has 1 unspecified atom stereocenters. The molecule has 0 radical (unpaired) electrons. The third kappa shape index (κ3) is 3.58. The average Bonchev–Trinajstić information content (AvgIpc) is 1.99. The summed E-state index contributed by atoms with van der Waals surface area (Å²) in [5.74, 6) is -0.332. The molecule has 4 nitrogen and oxygen atoms in total. The molecule has 1 atom stereocenters. The zero-order chi connectivity index (χ0) is 11.5. The van der Waals surface area contributed by atoms with Gasteiger partial charge in [0.25, 0.3) is 0 Å². The second kappa shape index (κ2) is 4.29. The Balaban J connectivity index is 2.77. The number of hydrogen-bond acceptors (Lipinski definition) is 4. The average molecular weight is 210 g/mol. The summed E-state index contributed by atoms with van der Waals surface area (Å²) in [6, 6.07) is 0. The highest BCUT2D eigenvalue weighted by molar-refractivity contribution is 5.68. The first-order valence-electron chi connectivity index (χ1n) is 4.69. The normalized spacial score (nSPS) is 24.3. The summed E-state index contributed by atoms with van der Waals surface area (Å²) in [7, 11) is 0. The van der Waals surface area contributed by atoms with Crippen LogP contribution >= 0.6 is 0 Å². The van der Waals surface area contributed by atoms with E-state index < -0.39 is 11.6 Å². The summed E-state index contributed by atoms with van der Waals surface area (Å²) >= 11 is 0. The lowest BCUT2D eigenvalue weighted by molar-refractivity contribution is -0.151. The molecule has 0 bridgehead atoms. The molecular weight excluding hydrogens is 196 g/mol. The number of carbonyl (C=O) groups is 2. The van der Waals surface area contributed by atoms with Gasteiger partial charge in [0.15, 0.2) is 0 Å². The highest BCUT2D eigenvalue weighted by Gasteiger charge is 2.27. The van der Waals surface area contributed by atoms with Gasteiger partial charge in [0.2, 0.25) is 0 Å². The molecule has 0 amide bonds. The molecule has 82 valence electrons. The Morgan fingerprint density at radius 1 is 1.33 bits per heavy atom. The van der Waals surface area contributed by atoms with Crippen molar-refractivity contribution in [3.05, 3.63) is 24.0 Å². The number of ether oxygens (including phenoxy) is 2. The fourth-order valence-electron chi connectivity index (χ4n) is 1.45. The Morgan fingerprint density at radius 2 is 2.00 bits per heavy atom. The topological polar surface area (TPSA) is 52.6 Å². The van der Waals surface area contributed by atoms with E-state index in [1.807, 2.05) is 0 Å². The minimum absolute atomic E-state index is 0.355. The van der Waals surface area contributed by atoms with Gasteiger partial charge in [-0.25, -0.2) is 0 Å². The van der Waals surface area contributed by atoms with Gasteiger partial charge in [-0.1, -0.05) is 6.08 Å². The fourth-order valence-corrected chi connectivity index (χ4v) is 1.45. The largest absolute Gasteiger partial charge is 0.455 e. The highest BCUT2D eigenvalue weighted by Crippen LogP contribution is 2.25. The Morgan fingerprint density at radius 3 is 2.53 bits per heavy atom. The van der Waals surface area contributed by atoms with Gasteiger partial charge in [-0.3, -0.25) is 9.59 Å². The summed E-state index contributed by atoms with van der Waals surface area (Å²) in [4.78, 5) is 21.6. The van der Waals surface area contributed by atoms with Crippen molar-refractivity contribution in [3.63, 3.8) is 0 Å². The third-order valence-corrected chi connectivity index (χ3v) is 1.89. The van der Waals surface area contributed by atoms with E-state index in [2.05, 4.69) is 0 Å². The molecule has 0 aromatic rings. The molecule has 0 fully saturated rings. The van der Waals surface area contributed by atoms with Gasteiger partial charge >= 0.3 is 11.9 Å². The van der Waals surface area contributed by atoms with Crippen LogP contribution in [0.3, 0.4) is 0 Å². The third-order valence-electron chi connectivity index (χ3n) is 1.89. The molecule has 1 rings (SSSR count). The molecule has 15 heavy (non-hydrogen) atoms. The van der Waals surface area contributed by atoms with E-state index in [-0.39, 0.29) is 5.97 Å². The standard InChI is InChI=1S/C11H14O4/c1-8(12)14-10-5-4-6-11(3,7-10)15-9(2)13/h4-5,7H,6H2,1-3H3. The van der Waals surface area contributed by atoms with Gasteiger partial charge in [0, 0.05) is 26.3 Å². The summed E-state index contributed by atoms with van der Waals surface area (Å²) in [5, 5.41) is 0. The molecule has 0 aliphatic heterocycles. The maximum atomic E-state index is 10.9. The summed E-state index contributed by atoms with van der Waals surface area (Å²) in [6.45, 7) is 4.44. The van der Waals surface area contributed by atoms with Crippen molar-refractivity contribution in [1.29, 1.82) is 0 Å². The first-order chi connectivity index (χ1) is 6.91. The zero-order valence-corrected chi connectivity index (χ0v) is 9.07. The Hall–Kier alpha value is -1.58. The number of esters is 2. The van der Waals surface area contributed by atoms with E-state index in [9.17, 15) is 9.59 Å². The fraction of sp³-hybridized carbons (Fsp3) is 0.455. The SMILES string of the molecule is CC(=O)OC1=CC(C)(OC(C)=O)CC=C1. The van der Waals surface area contributed by atoms with Crippen molar-refractivity contribution in [2.45, 2.75) is 32.8 Å². The number of allylic oxidation sites excluding steroid dienone is 1. The predicted octanol–water partition coefficient (Wildman–Crippen LogP) is 1.72. The Labute approximate surface area is 88.6 Å². The first-order valence-corrected chi connectivity index (χ1v) is 4.69. The van der Waals surface area contributed by atoms with E-state index >= 15 is 0 Å². The van der Waals surface area contributed by atoms with Crippen molar-refractivity contribution in [2.75, 3.05) is 0 Å². The van der Waals surface area contributed by atoms with Crippen molar-refractivity contribution in [2.24, 2.45) is 0 Å². The van der Waals surface area contributed by atoms with E-state index in [1.54, 1.807) is 25.2 Å². The molecule has 0 saturated carbocycles. The molecule has 0 N–H and O–H groups in total. The van der Waals surface area contributed by atoms with Crippen LogP contribution in [0.2, 0.25) is 0 Å². The molecule has 0 spiro atoms. The van der Waals surface area contributed by atoms with Crippen molar-refractivity contribution >= 4 is 11.9 Å². The molecule has 0 aromatic heterocycles.